The third kappa shape index (κ3) is 4.28. The third-order valence-electron chi connectivity index (χ3n) is 4.09. The summed E-state index contributed by atoms with van der Waals surface area (Å²) < 4.78 is 28.3. The monoisotopic (exact) mass is 310 g/mol. The molecule has 1 saturated carbocycles. The van der Waals surface area contributed by atoms with Crippen molar-refractivity contribution in [1.29, 1.82) is 0 Å². The van der Waals surface area contributed by atoms with Gasteiger partial charge in [0, 0.05) is 12.1 Å². The van der Waals surface area contributed by atoms with Crippen molar-refractivity contribution in [3.63, 3.8) is 0 Å². The molecule has 5 heteroatoms. The number of sulfonamides is 1. The molecule has 1 aromatic carbocycles. The van der Waals surface area contributed by atoms with Crippen molar-refractivity contribution in [2.24, 2.45) is 0 Å². The summed E-state index contributed by atoms with van der Waals surface area (Å²) in [5.74, 6) is 0. The Kier molecular flexibility index (Phi) is 5.41. The highest BCUT2D eigenvalue weighted by Crippen LogP contribution is 2.31. The molecule has 0 bridgehead atoms. The molecule has 0 amide bonds. The zero-order chi connectivity index (χ0) is 15.3. The van der Waals surface area contributed by atoms with E-state index in [2.05, 4.69) is 17.0 Å². The number of hydrogen-bond acceptors (Lipinski definition) is 3. The molecule has 1 fully saturated rings. The Morgan fingerprint density at radius 2 is 1.86 bits per heavy atom. The van der Waals surface area contributed by atoms with Gasteiger partial charge >= 0.3 is 0 Å². The molecule has 4 nitrogen and oxygen atoms in total. The molecule has 21 heavy (non-hydrogen) atoms. The molecule has 1 aliphatic carbocycles. The summed E-state index contributed by atoms with van der Waals surface area (Å²) in [6.45, 7) is 5.58. The summed E-state index contributed by atoms with van der Waals surface area (Å²) in [6, 6.07) is 7.26. The molecule has 1 aromatic rings. The Morgan fingerprint density at radius 3 is 2.52 bits per heavy atom. The van der Waals surface area contributed by atoms with E-state index < -0.39 is 10.0 Å². The summed E-state index contributed by atoms with van der Waals surface area (Å²) in [7, 11) is -3.46. The van der Waals surface area contributed by atoms with Crippen molar-refractivity contribution in [2.75, 3.05) is 6.54 Å². The SMILES string of the molecule is CCCNCc1ccccc1S(=O)(=O)NC1(C)CCCC1. The highest BCUT2D eigenvalue weighted by molar-refractivity contribution is 7.89. The highest BCUT2D eigenvalue weighted by Gasteiger charge is 2.34. The normalized spacial score (nSPS) is 18.0. The first-order valence-electron chi connectivity index (χ1n) is 7.79. The second-order valence-electron chi connectivity index (χ2n) is 6.16. The van der Waals surface area contributed by atoms with Crippen LogP contribution in [0, 0.1) is 0 Å². The maximum Gasteiger partial charge on any atom is 0.241 e. The van der Waals surface area contributed by atoms with Crippen LogP contribution in [0.4, 0.5) is 0 Å². The topological polar surface area (TPSA) is 58.2 Å². The van der Waals surface area contributed by atoms with Crippen LogP contribution in [0.2, 0.25) is 0 Å². The maximum absolute atomic E-state index is 12.7. The molecule has 0 heterocycles. The van der Waals surface area contributed by atoms with E-state index >= 15 is 0 Å². The fourth-order valence-corrected chi connectivity index (χ4v) is 4.65. The molecule has 0 saturated heterocycles. The van der Waals surface area contributed by atoms with E-state index in [0.717, 1.165) is 44.2 Å². The summed E-state index contributed by atoms with van der Waals surface area (Å²) in [5, 5.41) is 3.27. The summed E-state index contributed by atoms with van der Waals surface area (Å²) in [5.41, 5.74) is 0.544. The fraction of sp³-hybridized carbons (Fsp3) is 0.625. The zero-order valence-electron chi connectivity index (χ0n) is 13.0. The van der Waals surface area contributed by atoms with Gasteiger partial charge in [0.25, 0.3) is 0 Å². The van der Waals surface area contributed by atoms with Crippen LogP contribution in [0.3, 0.4) is 0 Å². The predicted octanol–water partition coefficient (Wildman–Crippen LogP) is 2.80. The van der Waals surface area contributed by atoms with E-state index in [4.69, 9.17) is 0 Å². The molecule has 2 rings (SSSR count). The van der Waals surface area contributed by atoms with Crippen molar-refractivity contribution in [2.45, 2.75) is 62.9 Å². The van der Waals surface area contributed by atoms with Crippen molar-refractivity contribution in [3.8, 4) is 0 Å². The summed E-state index contributed by atoms with van der Waals surface area (Å²) in [4.78, 5) is 0.404. The van der Waals surface area contributed by atoms with Gasteiger partial charge in [-0.05, 0) is 44.4 Å². The Morgan fingerprint density at radius 1 is 1.19 bits per heavy atom. The molecular weight excluding hydrogens is 284 g/mol. The standard InChI is InChI=1S/C16H26N2O2S/c1-3-12-17-13-14-8-4-5-9-15(14)21(19,20)18-16(2)10-6-7-11-16/h4-5,8-9,17-18H,3,6-7,10-13H2,1-2H3. The van der Waals surface area contributed by atoms with E-state index in [-0.39, 0.29) is 5.54 Å². The lowest BCUT2D eigenvalue weighted by molar-refractivity contribution is 0.427. The van der Waals surface area contributed by atoms with Gasteiger partial charge in [0.05, 0.1) is 4.90 Å². The van der Waals surface area contributed by atoms with E-state index in [9.17, 15) is 8.42 Å². The van der Waals surface area contributed by atoms with Gasteiger partial charge in [-0.3, -0.25) is 0 Å². The van der Waals surface area contributed by atoms with Crippen molar-refractivity contribution < 1.29 is 8.42 Å². The number of nitrogens with one attached hydrogen (secondary N) is 2. The van der Waals surface area contributed by atoms with Gasteiger partial charge in [0.1, 0.15) is 0 Å². The quantitative estimate of drug-likeness (QED) is 0.761. The van der Waals surface area contributed by atoms with Crippen LogP contribution in [0.25, 0.3) is 0 Å². The van der Waals surface area contributed by atoms with Crippen molar-refractivity contribution >= 4 is 10.0 Å². The van der Waals surface area contributed by atoms with Crippen molar-refractivity contribution in [1.82, 2.24) is 10.0 Å². The lowest BCUT2D eigenvalue weighted by atomic mass is 10.0. The number of rotatable bonds is 7. The first-order chi connectivity index (χ1) is 9.97. The Labute approximate surface area is 128 Å². The van der Waals surface area contributed by atoms with Crippen LogP contribution in [-0.2, 0) is 16.6 Å². The van der Waals surface area contributed by atoms with Gasteiger partial charge in [-0.2, -0.15) is 0 Å². The highest BCUT2D eigenvalue weighted by atomic mass is 32.2. The van der Waals surface area contributed by atoms with Gasteiger partial charge in [-0.25, -0.2) is 13.1 Å². The molecule has 118 valence electrons. The van der Waals surface area contributed by atoms with Crippen LogP contribution < -0.4 is 10.0 Å². The second-order valence-corrected chi connectivity index (χ2v) is 7.81. The molecule has 0 aromatic heterocycles. The number of hydrogen-bond donors (Lipinski definition) is 2. The molecule has 0 spiro atoms. The Hall–Kier alpha value is -0.910. The third-order valence-corrected chi connectivity index (χ3v) is 5.83. The van der Waals surface area contributed by atoms with E-state index in [1.165, 1.54) is 0 Å². The van der Waals surface area contributed by atoms with Crippen molar-refractivity contribution in [3.05, 3.63) is 29.8 Å². The smallest absolute Gasteiger partial charge is 0.241 e. The lowest BCUT2D eigenvalue weighted by Gasteiger charge is -2.25. The first kappa shape index (κ1) is 16.5. The average Bonchev–Trinajstić information content (AvgIpc) is 2.85. The van der Waals surface area contributed by atoms with E-state index in [1.807, 2.05) is 19.1 Å². The molecule has 0 unspecified atom stereocenters. The zero-order valence-corrected chi connectivity index (χ0v) is 13.8. The summed E-state index contributed by atoms with van der Waals surface area (Å²) >= 11 is 0. The Bertz CT molecular complexity index is 563. The molecular formula is C16H26N2O2S. The van der Waals surface area contributed by atoms with Gasteiger partial charge < -0.3 is 5.32 Å². The van der Waals surface area contributed by atoms with Crippen LogP contribution in [0.1, 0.15) is 51.5 Å². The fourth-order valence-electron chi connectivity index (χ4n) is 2.95. The first-order valence-corrected chi connectivity index (χ1v) is 9.28. The average molecular weight is 310 g/mol. The number of benzene rings is 1. The predicted molar refractivity (Wildman–Crippen MR) is 85.6 cm³/mol. The molecule has 1 aliphatic rings. The largest absolute Gasteiger partial charge is 0.313 e. The summed E-state index contributed by atoms with van der Waals surface area (Å²) in [6.07, 6.45) is 5.06. The van der Waals surface area contributed by atoms with Gasteiger partial charge in [0.2, 0.25) is 10.0 Å². The van der Waals surface area contributed by atoms with Crippen LogP contribution >= 0.6 is 0 Å². The molecule has 0 atom stereocenters. The van der Waals surface area contributed by atoms with Gasteiger partial charge in [-0.15, -0.1) is 0 Å². The molecule has 2 N–H and O–H groups in total. The Balaban J connectivity index is 2.19. The van der Waals surface area contributed by atoms with Crippen LogP contribution in [0.15, 0.2) is 29.2 Å². The van der Waals surface area contributed by atoms with Gasteiger partial charge in [-0.1, -0.05) is 38.0 Å². The minimum atomic E-state index is -3.46. The van der Waals surface area contributed by atoms with Gasteiger partial charge in [0.15, 0.2) is 0 Å². The van der Waals surface area contributed by atoms with Crippen LogP contribution in [0.5, 0.6) is 0 Å². The second kappa shape index (κ2) is 6.90. The minimum absolute atomic E-state index is 0.289. The lowest BCUT2D eigenvalue weighted by Crippen LogP contribution is -2.43. The molecule has 0 radical (unpaired) electrons. The molecule has 0 aliphatic heterocycles. The van der Waals surface area contributed by atoms with E-state index in [0.29, 0.717) is 11.4 Å². The minimum Gasteiger partial charge on any atom is -0.313 e. The van der Waals surface area contributed by atoms with E-state index in [1.54, 1.807) is 12.1 Å². The maximum atomic E-state index is 12.7. The van der Waals surface area contributed by atoms with Crippen LogP contribution in [-0.4, -0.2) is 20.5 Å².